The number of hydrogen-bond acceptors (Lipinski definition) is 2. The number of rotatable bonds is 3. The van der Waals surface area contributed by atoms with Gasteiger partial charge in [-0.15, -0.1) is 0 Å². The van der Waals surface area contributed by atoms with Crippen LogP contribution in [-0.2, 0) is 12.8 Å². The van der Waals surface area contributed by atoms with Gasteiger partial charge in [-0.05, 0) is 35.9 Å². The molecule has 0 bridgehead atoms. The van der Waals surface area contributed by atoms with Crippen molar-refractivity contribution in [2.24, 2.45) is 0 Å². The van der Waals surface area contributed by atoms with Gasteiger partial charge >= 0.3 is 6.18 Å². The van der Waals surface area contributed by atoms with Gasteiger partial charge in [0.15, 0.2) is 0 Å². The van der Waals surface area contributed by atoms with Crippen LogP contribution in [0.3, 0.4) is 0 Å². The highest BCUT2D eigenvalue weighted by Gasteiger charge is 2.30. The van der Waals surface area contributed by atoms with Crippen molar-refractivity contribution >= 4 is 11.6 Å². The number of anilines is 1. The van der Waals surface area contributed by atoms with Gasteiger partial charge in [-0.3, -0.25) is 4.79 Å². The van der Waals surface area contributed by atoms with Crippen LogP contribution in [0.1, 0.15) is 21.5 Å². The molecule has 2 rings (SSSR count). The summed E-state index contributed by atoms with van der Waals surface area (Å²) in [5, 5.41) is 11.3. The average Bonchev–Trinajstić information content (AvgIpc) is 2.47. The maximum Gasteiger partial charge on any atom is 0.416 e. The smallest absolute Gasteiger partial charge is 0.392 e. The van der Waals surface area contributed by atoms with Crippen LogP contribution in [0.2, 0.25) is 0 Å². The molecule has 0 saturated carbocycles. The fraction of sp³-hybridized carbons (Fsp3) is 0.133. The van der Waals surface area contributed by atoms with Crippen LogP contribution < -0.4 is 5.32 Å². The van der Waals surface area contributed by atoms with Crippen LogP contribution in [0.25, 0.3) is 0 Å². The zero-order valence-corrected chi connectivity index (χ0v) is 10.8. The highest BCUT2D eigenvalue weighted by atomic mass is 19.4. The van der Waals surface area contributed by atoms with Crippen molar-refractivity contribution in [1.29, 1.82) is 0 Å². The zero-order chi connectivity index (χ0) is 15.5. The van der Waals surface area contributed by atoms with E-state index >= 15 is 0 Å². The molecule has 0 aliphatic carbocycles. The average molecular weight is 295 g/mol. The van der Waals surface area contributed by atoms with Crippen LogP contribution >= 0.6 is 0 Å². The molecule has 0 aliphatic heterocycles. The molecular weight excluding hydrogens is 283 g/mol. The van der Waals surface area contributed by atoms with Crippen LogP contribution in [0.15, 0.2) is 48.5 Å². The van der Waals surface area contributed by atoms with E-state index in [0.717, 1.165) is 12.1 Å². The van der Waals surface area contributed by atoms with Gasteiger partial charge in [0.25, 0.3) is 5.91 Å². The summed E-state index contributed by atoms with van der Waals surface area (Å²) in [4.78, 5) is 11.9. The van der Waals surface area contributed by atoms with E-state index in [4.69, 9.17) is 5.11 Å². The van der Waals surface area contributed by atoms with E-state index in [2.05, 4.69) is 5.32 Å². The number of nitrogens with one attached hydrogen (secondary N) is 1. The number of aliphatic hydroxyl groups excluding tert-OH is 1. The van der Waals surface area contributed by atoms with E-state index in [1.54, 1.807) is 12.1 Å². The van der Waals surface area contributed by atoms with Crippen molar-refractivity contribution < 1.29 is 23.1 Å². The third-order valence-corrected chi connectivity index (χ3v) is 2.85. The summed E-state index contributed by atoms with van der Waals surface area (Å²) < 4.78 is 37.7. The van der Waals surface area contributed by atoms with Crippen LogP contribution in [0, 0.1) is 0 Å². The molecular formula is C15H12F3NO2. The van der Waals surface area contributed by atoms with Gasteiger partial charge in [-0.25, -0.2) is 0 Å². The second-order valence-electron chi connectivity index (χ2n) is 4.39. The molecule has 2 aromatic carbocycles. The Labute approximate surface area is 119 Å². The summed E-state index contributed by atoms with van der Waals surface area (Å²) in [6.45, 7) is -0.143. The second kappa shape index (κ2) is 5.97. The van der Waals surface area contributed by atoms with Crippen LogP contribution in [-0.4, -0.2) is 11.0 Å². The van der Waals surface area contributed by atoms with Crippen molar-refractivity contribution in [3.05, 3.63) is 65.2 Å². The first kappa shape index (κ1) is 15.1. The first-order valence-corrected chi connectivity index (χ1v) is 6.08. The molecule has 0 fully saturated rings. The lowest BCUT2D eigenvalue weighted by atomic mass is 10.1. The van der Waals surface area contributed by atoms with Gasteiger partial charge in [0.05, 0.1) is 12.2 Å². The summed E-state index contributed by atoms with van der Waals surface area (Å²) in [6.07, 6.45) is -4.45. The molecule has 2 aromatic rings. The molecule has 0 spiro atoms. The predicted octanol–water partition coefficient (Wildman–Crippen LogP) is 3.45. The molecule has 0 heterocycles. The first-order chi connectivity index (χ1) is 9.90. The maximum absolute atomic E-state index is 12.6. The molecule has 1 amide bonds. The van der Waals surface area contributed by atoms with E-state index in [1.165, 1.54) is 24.3 Å². The van der Waals surface area contributed by atoms with Crippen molar-refractivity contribution in [1.82, 2.24) is 0 Å². The minimum absolute atomic E-state index is 0.0704. The first-order valence-electron chi connectivity index (χ1n) is 6.08. The summed E-state index contributed by atoms with van der Waals surface area (Å²) >= 11 is 0. The van der Waals surface area contributed by atoms with E-state index in [9.17, 15) is 18.0 Å². The van der Waals surface area contributed by atoms with Crippen LogP contribution in [0.5, 0.6) is 0 Å². The van der Waals surface area contributed by atoms with E-state index in [-0.39, 0.29) is 12.3 Å². The van der Waals surface area contributed by atoms with Gasteiger partial charge in [0.1, 0.15) is 0 Å². The third kappa shape index (κ3) is 3.82. The van der Waals surface area contributed by atoms with Crippen molar-refractivity contribution in [2.75, 3.05) is 5.32 Å². The van der Waals surface area contributed by atoms with E-state index in [1.807, 2.05) is 0 Å². The highest BCUT2D eigenvalue weighted by molar-refractivity contribution is 6.04. The Bertz CT molecular complexity index is 636. The lowest BCUT2D eigenvalue weighted by molar-refractivity contribution is -0.137. The monoisotopic (exact) mass is 295 g/mol. The number of carbonyl (C=O) groups excluding carboxylic acids is 1. The summed E-state index contributed by atoms with van der Waals surface area (Å²) in [5.74, 6) is -0.515. The van der Waals surface area contributed by atoms with Gasteiger partial charge in [-0.1, -0.05) is 18.2 Å². The number of hydrogen-bond donors (Lipinski definition) is 2. The maximum atomic E-state index is 12.6. The lowest BCUT2D eigenvalue weighted by Gasteiger charge is -2.10. The Kier molecular flexibility index (Phi) is 4.28. The topological polar surface area (TPSA) is 49.3 Å². The molecule has 21 heavy (non-hydrogen) atoms. The number of amides is 1. The highest BCUT2D eigenvalue weighted by Crippen LogP contribution is 2.30. The van der Waals surface area contributed by atoms with Crippen molar-refractivity contribution in [3.8, 4) is 0 Å². The SMILES string of the molecule is O=C(Nc1cccc(C(F)(F)F)c1)c1ccc(CO)cc1. The minimum Gasteiger partial charge on any atom is -0.392 e. The third-order valence-electron chi connectivity index (χ3n) is 2.85. The second-order valence-corrected chi connectivity index (χ2v) is 4.39. The molecule has 6 heteroatoms. The Hall–Kier alpha value is -2.34. The lowest BCUT2D eigenvalue weighted by Crippen LogP contribution is -2.13. The molecule has 0 aromatic heterocycles. The van der Waals surface area contributed by atoms with Crippen LogP contribution in [0.4, 0.5) is 18.9 Å². The molecule has 110 valence electrons. The number of benzene rings is 2. The van der Waals surface area contributed by atoms with Crippen molar-refractivity contribution in [3.63, 3.8) is 0 Å². The van der Waals surface area contributed by atoms with Gasteiger partial charge in [-0.2, -0.15) is 13.2 Å². The Morgan fingerprint density at radius 3 is 2.33 bits per heavy atom. The number of alkyl halides is 3. The Balaban J connectivity index is 2.15. The number of aliphatic hydroxyl groups is 1. The molecule has 0 atom stereocenters. The fourth-order valence-corrected chi connectivity index (χ4v) is 1.74. The van der Waals surface area contributed by atoms with Gasteiger partial charge in [0, 0.05) is 11.3 Å². The molecule has 0 radical (unpaired) electrons. The summed E-state index contributed by atoms with van der Waals surface area (Å²) in [7, 11) is 0. The summed E-state index contributed by atoms with van der Waals surface area (Å²) in [6, 6.07) is 10.6. The van der Waals surface area contributed by atoms with Gasteiger partial charge in [0.2, 0.25) is 0 Å². The molecule has 3 nitrogen and oxygen atoms in total. The Morgan fingerprint density at radius 1 is 1.10 bits per heavy atom. The molecule has 0 aliphatic rings. The quantitative estimate of drug-likeness (QED) is 0.911. The molecule has 0 unspecified atom stereocenters. The molecule has 0 saturated heterocycles. The van der Waals surface area contributed by atoms with Gasteiger partial charge < -0.3 is 10.4 Å². The van der Waals surface area contributed by atoms with Crippen molar-refractivity contribution in [2.45, 2.75) is 12.8 Å². The fourth-order valence-electron chi connectivity index (χ4n) is 1.74. The van der Waals surface area contributed by atoms with E-state index < -0.39 is 17.6 Å². The largest absolute Gasteiger partial charge is 0.416 e. The van der Waals surface area contributed by atoms with E-state index in [0.29, 0.717) is 11.1 Å². The zero-order valence-electron chi connectivity index (χ0n) is 10.8. The number of halogens is 3. The Morgan fingerprint density at radius 2 is 1.76 bits per heavy atom. The number of carbonyl (C=O) groups is 1. The minimum atomic E-state index is -4.45. The summed E-state index contributed by atoms with van der Waals surface area (Å²) in [5.41, 5.74) is 0.187. The normalized spacial score (nSPS) is 11.2. The molecule has 2 N–H and O–H groups in total. The predicted molar refractivity (Wildman–Crippen MR) is 71.8 cm³/mol. The standard InChI is InChI=1S/C15H12F3NO2/c16-15(17,18)12-2-1-3-13(8-12)19-14(21)11-6-4-10(9-20)5-7-11/h1-8,20H,9H2,(H,19,21).